The monoisotopic (exact) mass is 402 g/mol. The molecule has 2 atom stereocenters. The maximum atomic E-state index is 12.8. The molecule has 0 radical (unpaired) electrons. The van der Waals surface area contributed by atoms with Crippen LogP contribution in [0.1, 0.15) is 48.3 Å². The largest absolute Gasteiger partial charge is 0.329 e. The fourth-order valence-corrected chi connectivity index (χ4v) is 4.22. The van der Waals surface area contributed by atoms with E-state index < -0.39 is 5.92 Å². The van der Waals surface area contributed by atoms with E-state index in [2.05, 4.69) is 22.8 Å². The van der Waals surface area contributed by atoms with Crippen molar-refractivity contribution in [3.8, 4) is 0 Å². The van der Waals surface area contributed by atoms with Gasteiger partial charge in [-0.25, -0.2) is 0 Å². The molecule has 0 saturated carbocycles. The Hall–Kier alpha value is -3.21. The molecular weight excluding hydrogens is 376 g/mol. The second-order valence-corrected chi connectivity index (χ2v) is 8.40. The molecule has 1 heterocycles. The van der Waals surface area contributed by atoms with Crippen molar-refractivity contribution >= 4 is 23.3 Å². The molecule has 2 unspecified atom stereocenters. The quantitative estimate of drug-likeness (QED) is 0.806. The summed E-state index contributed by atoms with van der Waals surface area (Å²) in [7, 11) is 0. The van der Waals surface area contributed by atoms with Gasteiger partial charge in [0.15, 0.2) is 5.78 Å². The van der Waals surface area contributed by atoms with Gasteiger partial charge in [-0.05, 0) is 50.3 Å². The zero-order chi connectivity index (χ0) is 21.3. The third-order valence-electron chi connectivity index (χ3n) is 5.99. The molecule has 5 heteroatoms. The van der Waals surface area contributed by atoms with Crippen LogP contribution in [0.15, 0.2) is 59.8 Å². The summed E-state index contributed by atoms with van der Waals surface area (Å²) >= 11 is 0. The van der Waals surface area contributed by atoms with Crippen LogP contribution in [0, 0.1) is 19.8 Å². The number of carbonyl (C=O) groups is 3. The van der Waals surface area contributed by atoms with E-state index in [1.54, 1.807) is 0 Å². The number of hydrogen-bond acceptors (Lipinski definition) is 3. The molecule has 1 aliphatic heterocycles. The van der Waals surface area contributed by atoms with Crippen LogP contribution in [0.2, 0.25) is 0 Å². The number of rotatable bonds is 4. The number of allylic oxidation sites excluding steroid dienone is 2. The van der Waals surface area contributed by atoms with E-state index in [1.165, 1.54) is 5.56 Å². The van der Waals surface area contributed by atoms with Crippen LogP contribution in [-0.4, -0.2) is 17.6 Å². The number of benzene rings is 2. The summed E-state index contributed by atoms with van der Waals surface area (Å²) in [6.07, 6.45) is 1.49. The van der Waals surface area contributed by atoms with Crippen molar-refractivity contribution in [2.45, 2.75) is 45.4 Å². The topological polar surface area (TPSA) is 75.3 Å². The smallest absolute Gasteiger partial charge is 0.228 e. The zero-order valence-electron chi connectivity index (χ0n) is 17.3. The van der Waals surface area contributed by atoms with Gasteiger partial charge in [-0.15, -0.1) is 0 Å². The van der Waals surface area contributed by atoms with Crippen molar-refractivity contribution in [1.82, 2.24) is 5.32 Å². The van der Waals surface area contributed by atoms with Crippen molar-refractivity contribution in [1.29, 1.82) is 0 Å². The number of Topliss-reactive ketones (excluding diaryl/α,β-unsaturated/α-hetero) is 1. The summed E-state index contributed by atoms with van der Waals surface area (Å²) < 4.78 is 0. The number of aryl methyl sites for hydroxylation is 2. The van der Waals surface area contributed by atoms with E-state index in [0.29, 0.717) is 30.5 Å². The molecule has 30 heavy (non-hydrogen) atoms. The van der Waals surface area contributed by atoms with Gasteiger partial charge in [0.05, 0.1) is 5.92 Å². The standard InChI is InChI=1S/C25H26N2O3/c1-15-3-7-17(8-4-15)18-12-22-21(23(28)13-18)11-19(25(30)27-22)14-24(29)26-20-9-5-16(2)6-10-20/h3-10,18-19H,11-14H2,1-2H3,(H,26,29)(H,27,30). The minimum atomic E-state index is -0.519. The normalized spacial score (nSPS) is 21.1. The maximum absolute atomic E-state index is 12.8. The van der Waals surface area contributed by atoms with E-state index in [9.17, 15) is 14.4 Å². The summed E-state index contributed by atoms with van der Waals surface area (Å²) in [6.45, 7) is 4.01. The molecule has 154 valence electrons. The van der Waals surface area contributed by atoms with Crippen molar-refractivity contribution in [2.75, 3.05) is 5.32 Å². The number of anilines is 1. The molecule has 2 aromatic carbocycles. The Morgan fingerprint density at radius 3 is 2.23 bits per heavy atom. The SMILES string of the molecule is Cc1ccc(NC(=O)CC2CC3=C(CC(c4ccc(C)cc4)CC3=O)NC2=O)cc1. The highest BCUT2D eigenvalue weighted by Gasteiger charge is 2.37. The van der Waals surface area contributed by atoms with E-state index in [-0.39, 0.29) is 29.9 Å². The molecule has 0 aromatic heterocycles. The van der Waals surface area contributed by atoms with E-state index in [4.69, 9.17) is 0 Å². The average molecular weight is 402 g/mol. The van der Waals surface area contributed by atoms with Gasteiger partial charge in [-0.3, -0.25) is 14.4 Å². The van der Waals surface area contributed by atoms with Crippen LogP contribution >= 0.6 is 0 Å². The minimum absolute atomic E-state index is 0.0607. The summed E-state index contributed by atoms with van der Waals surface area (Å²) in [5, 5.41) is 5.76. The minimum Gasteiger partial charge on any atom is -0.329 e. The third-order valence-corrected chi connectivity index (χ3v) is 5.99. The highest BCUT2D eigenvalue weighted by Crippen LogP contribution is 2.38. The Labute approximate surface area is 176 Å². The lowest BCUT2D eigenvalue weighted by molar-refractivity contribution is -0.129. The molecule has 1 aliphatic carbocycles. The Morgan fingerprint density at radius 2 is 1.57 bits per heavy atom. The fraction of sp³-hybridized carbons (Fsp3) is 0.320. The molecular formula is C25H26N2O3. The molecule has 2 aliphatic rings. The first-order valence-electron chi connectivity index (χ1n) is 10.4. The maximum Gasteiger partial charge on any atom is 0.228 e. The zero-order valence-corrected chi connectivity index (χ0v) is 17.3. The van der Waals surface area contributed by atoms with Gasteiger partial charge in [-0.1, -0.05) is 47.5 Å². The van der Waals surface area contributed by atoms with Gasteiger partial charge in [0.2, 0.25) is 11.8 Å². The molecule has 0 spiro atoms. The van der Waals surface area contributed by atoms with Crippen LogP contribution in [0.25, 0.3) is 0 Å². The predicted molar refractivity (Wildman–Crippen MR) is 116 cm³/mol. The number of hydrogen-bond donors (Lipinski definition) is 2. The lowest BCUT2D eigenvalue weighted by Crippen LogP contribution is -2.41. The molecule has 2 amide bonds. The number of nitrogens with one attached hydrogen (secondary N) is 2. The first-order valence-corrected chi connectivity index (χ1v) is 10.4. The van der Waals surface area contributed by atoms with E-state index >= 15 is 0 Å². The lowest BCUT2D eigenvalue weighted by Gasteiger charge is -2.33. The van der Waals surface area contributed by atoms with Crippen molar-refractivity contribution in [3.63, 3.8) is 0 Å². The van der Waals surface area contributed by atoms with Crippen LogP contribution in [-0.2, 0) is 14.4 Å². The van der Waals surface area contributed by atoms with Gasteiger partial charge in [0.1, 0.15) is 0 Å². The van der Waals surface area contributed by atoms with Gasteiger partial charge in [0, 0.05) is 29.8 Å². The van der Waals surface area contributed by atoms with Crippen LogP contribution in [0.5, 0.6) is 0 Å². The predicted octanol–water partition coefficient (Wildman–Crippen LogP) is 4.17. The Kier molecular flexibility index (Phi) is 5.53. The second-order valence-electron chi connectivity index (χ2n) is 8.40. The Bertz CT molecular complexity index is 1020. The van der Waals surface area contributed by atoms with Crippen LogP contribution < -0.4 is 10.6 Å². The van der Waals surface area contributed by atoms with Crippen molar-refractivity contribution in [2.24, 2.45) is 5.92 Å². The Balaban J connectivity index is 1.43. The van der Waals surface area contributed by atoms with Crippen molar-refractivity contribution < 1.29 is 14.4 Å². The van der Waals surface area contributed by atoms with E-state index in [0.717, 1.165) is 16.8 Å². The third kappa shape index (κ3) is 4.35. The number of amides is 2. The Morgan fingerprint density at radius 1 is 0.933 bits per heavy atom. The summed E-state index contributed by atoms with van der Waals surface area (Å²) in [5.41, 5.74) is 5.53. The highest BCUT2D eigenvalue weighted by atomic mass is 16.2. The summed E-state index contributed by atoms with van der Waals surface area (Å²) in [6, 6.07) is 15.7. The molecule has 0 fully saturated rings. The van der Waals surface area contributed by atoms with Gasteiger partial charge in [-0.2, -0.15) is 0 Å². The number of ketones is 1. The molecule has 2 N–H and O–H groups in total. The molecule has 2 aromatic rings. The summed E-state index contributed by atoms with van der Waals surface area (Å²) in [5.74, 6) is -0.757. The van der Waals surface area contributed by atoms with Gasteiger partial charge < -0.3 is 10.6 Å². The number of carbonyl (C=O) groups excluding carboxylic acids is 3. The lowest BCUT2D eigenvalue weighted by atomic mass is 9.77. The molecule has 0 bridgehead atoms. The van der Waals surface area contributed by atoms with Crippen molar-refractivity contribution in [3.05, 3.63) is 76.5 Å². The fourth-order valence-electron chi connectivity index (χ4n) is 4.22. The van der Waals surface area contributed by atoms with Crippen LogP contribution in [0.4, 0.5) is 5.69 Å². The summed E-state index contributed by atoms with van der Waals surface area (Å²) in [4.78, 5) is 37.9. The van der Waals surface area contributed by atoms with Gasteiger partial charge in [0.25, 0.3) is 0 Å². The highest BCUT2D eigenvalue weighted by molar-refractivity contribution is 6.02. The molecule has 4 rings (SSSR count). The first-order chi connectivity index (χ1) is 14.4. The first kappa shape index (κ1) is 20.1. The average Bonchev–Trinajstić information content (AvgIpc) is 2.71. The van der Waals surface area contributed by atoms with E-state index in [1.807, 2.05) is 50.2 Å². The van der Waals surface area contributed by atoms with Gasteiger partial charge >= 0.3 is 0 Å². The van der Waals surface area contributed by atoms with Crippen LogP contribution in [0.3, 0.4) is 0 Å². The molecule has 5 nitrogen and oxygen atoms in total. The molecule has 0 saturated heterocycles. The second kappa shape index (κ2) is 8.27.